The highest BCUT2D eigenvalue weighted by molar-refractivity contribution is 5.65. The van der Waals surface area contributed by atoms with Gasteiger partial charge in [-0.05, 0) is 72.2 Å². The van der Waals surface area contributed by atoms with Crippen LogP contribution in [-0.4, -0.2) is 14.2 Å². The Labute approximate surface area is 212 Å². The predicted molar refractivity (Wildman–Crippen MR) is 143 cm³/mol. The molecule has 0 saturated carbocycles. The molecule has 1 heterocycles. The predicted octanol–water partition coefficient (Wildman–Crippen LogP) is 7.39. The first-order chi connectivity index (χ1) is 17.5. The molecule has 0 bridgehead atoms. The van der Waals surface area contributed by atoms with Crippen molar-refractivity contribution < 1.29 is 9.47 Å². The first kappa shape index (κ1) is 24.4. The molecule has 0 spiro atoms. The van der Waals surface area contributed by atoms with Crippen LogP contribution in [0.5, 0.6) is 5.75 Å². The summed E-state index contributed by atoms with van der Waals surface area (Å²) >= 11 is 0. The Hall–Kier alpha value is -4.74. The molecule has 4 rings (SSSR count). The van der Waals surface area contributed by atoms with Crippen molar-refractivity contribution in [3.63, 3.8) is 0 Å². The minimum absolute atomic E-state index is 0.0947. The van der Waals surface area contributed by atoms with Gasteiger partial charge in [-0.25, -0.2) is 10.1 Å². The Morgan fingerprint density at radius 2 is 1.67 bits per heavy atom. The van der Waals surface area contributed by atoms with Crippen molar-refractivity contribution in [3.8, 4) is 11.8 Å². The van der Waals surface area contributed by atoms with Gasteiger partial charge in [0.2, 0.25) is 0 Å². The molecular formula is C31H27N3O2. The van der Waals surface area contributed by atoms with Crippen LogP contribution < -0.4 is 9.64 Å². The van der Waals surface area contributed by atoms with Gasteiger partial charge in [-0.1, -0.05) is 48.5 Å². The van der Waals surface area contributed by atoms with E-state index in [-0.39, 0.29) is 5.70 Å². The lowest BCUT2D eigenvalue weighted by Gasteiger charge is -2.36. The van der Waals surface area contributed by atoms with Crippen LogP contribution in [0, 0.1) is 17.9 Å². The van der Waals surface area contributed by atoms with Crippen molar-refractivity contribution in [2.24, 2.45) is 0 Å². The van der Waals surface area contributed by atoms with Crippen LogP contribution >= 0.6 is 0 Å². The Morgan fingerprint density at radius 1 is 1.03 bits per heavy atom. The zero-order valence-corrected chi connectivity index (χ0v) is 20.6. The SMILES string of the molecule is [C-]#[N+]C(C#N)=C1C=C(C=Cc2ccc(N(C)c3ccc(OC)cc3)cc2)OC(C)(c2ccccc2)C1. The first-order valence-electron chi connectivity index (χ1n) is 11.6. The molecule has 3 aromatic rings. The van der Waals surface area contributed by atoms with Crippen LogP contribution in [0.2, 0.25) is 0 Å². The summed E-state index contributed by atoms with van der Waals surface area (Å²) in [6.45, 7) is 9.41. The molecule has 36 heavy (non-hydrogen) atoms. The van der Waals surface area contributed by atoms with Gasteiger partial charge in [0.1, 0.15) is 17.1 Å². The maximum atomic E-state index is 9.47. The van der Waals surface area contributed by atoms with Crippen molar-refractivity contribution in [2.75, 3.05) is 19.1 Å². The van der Waals surface area contributed by atoms with Crippen molar-refractivity contribution in [1.29, 1.82) is 5.26 Å². The zero-order chi connectivity index (χ0) is 25.5. The second kappa shape index (κ2) is 10.7. The van der Waals surface area contributed by atoms with E-state index in [1.165, 1.54) is 0 Å². The normalized spacial score (nSPS) is 18.4. The number of hydrogen-bond acceptors (Lipinski definition) is 4. The standard InChI is InChI=1S/C31H27N3O2/c1-31(25-8-6-5-7-9-25)21-24(30(22-32)33-2)20-29(36-31)17-12-23-10-13-26(14-11-23)34(3)27-15-18-28(35-4)19-16-27/h5-20H,21H2,1,3-4H3. The van der Waals surface area contributed by atoms with E-state index in [1.54, 1.807) is 13.2 Å². The molecule has 1 unspecified atom stereocenters. The van der Waals surface area contributed by atoms with Gasteiger partial charge >= 0.3 is 0 Å². The van der Waals surface area contributed by atoms with Crippen molar-refractivity contribution in [2.45, 2.75) is 18.9 Å². The number of anilines is 2. The number of ether oxygens (including phenoxy) is 2. The number of nitriles is 1. The fourth-order valence-corrected chi connectivity index (χ4v) is 4.21. The summed E-state index contributed by atoms with van der Waals surface area (Å²) in [5.74, 6) is 1.44. The van der Waals surface area contributed by atoms with Gasteiger partial charge in [0, 0.05) is 24.8 Å². The smallest absolute Gasteiger partial charge is 0.265 e. The fraction of sp³-hybridized carbons (Fsp3) is 0.161. The Balaban J connectivity index is 1.57. The molecule has 0 fully saturated rings. The molecule has 0 aliphatic carbocycles. The zero-order valence-electron chi connectivity index (χ0n) is 20.6. The molecule has 5 heteroatoms. The first-order valence-corrected chi connectivity index (χ1v) is 11.6. The molecule has 1 aliphatic heterocycles. The Bertz CT molecular complexity index is 1370. The van der Waals surface area contributed by atoms with Gasteiger partial charge in [-0.2, -0.15) is 0 Å². The quantitative estimate of drug-likeness (QED) is 0.277. The monoisotopic (exact) mass is 473 g/mol. The number of nitrogens with zero attached hydrogens (tertiary/aromatic N) is 3. The average Bonchev–Trinajstić information content (AvgIpc) is 2.93. The lowest BCUT2D eigenvalue weighted by molar-refractivity contribution is 0.0143. The Morgan fingerprint density at radius 3 is 2.25 bits per heavy atom. The van der Waals surface area contributed by atoms with E-state index < -0.39 is 5.60 Å². The number of benzene rings is 3. The summed E-state index contributed by atoms with van der Waals surface area (Å²) in [5, 5.41) is 9.47. The highest BCUT2D eigenvalue weighted by Gasteiger charge is 2.34. The third-order valence-electron chi connectivity index (χ3n) is 6.27. The van der Waals surface area contributed by atoms with Crippen LogP contribution in [0.3, 0.4) is 0 Å². The van der Waals surface area contributed by atoms with Gasteiger partial charge < -0.3 is 14.4 Å². The fourth-order valence-electron chi connectivity index (χ4n) is 4.21. The minimum Gasteiger partial charge on any atom is -0.497 e. The van der Waals surface area contributed by atoms with Crippen LogP contribution in [-0.2, 0) is 10.3 Å². The average molecular weight is 474 g/mol. The summed E-state index contributed by atoms with van der Waals surface area (Å²) in [7, 11) is 3.68. The van der Waals surface area contributed by atoms with E-state index in [9.17, 15) is 5.26 Å². The third kappa shape index (κ3) is 5.32. The largest absolute Gasteiger partial charge is 0.497 e. The molecule has 1 atom stereocenters. The summed E-state index contributed by atoms with van der Waals surface area (Å²) in [6.07, 6.45) is 6.11. The van der Waals surface area contributed by atoms with E-state index in [1.807, 2.05) is 98.9 Å². The summed E-state index contributed by atoms with van der Waals surface area (Å²) in [6, 6.07) is 28.1. The molecule has 0 aromatic heterocycles. The summed E-state index contributed by atoms with van der Waals surface area (Å²) in [4.78, 5) is 5.54. The molecule has 0 N–H and O–H groups in total. The van der Waals surface area contributed by atoms with Crippen molar-refractivity contribution in [3.05, 3.63) is 131 Å². The van der Waals surface area contributed by atoms with Crippen LogP contribution in [0.4, 0.5) is 11.4 Å². The van der Waals surface area contributed by atoms with Crippen molar-refractivity contribution >= 4 is 17.5 Å². The van der Waals surface area contributed by atoms with E-state index in [4.69, 9.17) is 16.0 Å². The van der Waals surface area contributed by atoms with Gasteiger partial charge in [0.05, 0.1) is 19.8 Å². The minimum atomic E-state index is -0.678. The van der Waals surface area contributed by atoms with Crippen molar-refractivity contribution in [1.82, 2.24) is 0 Å². The van der Waals surface area contributed by atoms with Crippen LogP contribution in [0.1, 0.15) is 24.5 Å². The summed E-state index contributed by atoms with van der Waals surface area (Å²) in [5.41, 5.74) is 4.22. The second-order valence-electron chi connectivity index (χ2n) is 8.70. The number of rotatable bonds is 6. The molecule has 1 aliphatic rings. The third-order valence-corrected chi connectivity index (χ3v) is 6.27. The maximum absolute atomic E-state index is 9.47. The van der Waals surface area contributed by atoms with E-state index >= 15 is 0 Å². The lowest BCUT2D eigenvalue weighted by atomic mass is 9.85. The highest BCUT2D eigenvalue weighted by atomic mass is 16.5. The Kier molecular flexibility index (Phi) is 7.23. The molecule has 0 saturated heterocycles. The summed E-state index contributed by atoms with van der Waals surface area (Å²) < 4.78 is 11.6. The highest BCUT2D eigenvalue weighted by Crippen LogP contribution is 2.40. The molecular weight excluding hydrogens is 446 g/mol. The number of hydrogen-bond donors (Lipinski definition) is 0. The van der Waals surface area contributed by atoms with Gasteiger partial charge in [-0.15, -0.1) is 0 Å². The number of methoxy groups -OCH3 is 1. The number of allylic oxidation sites excluding steroid dienone is 3. The molecule has 0 radical (unpaired) electrons. The maximum Gasteiger partial charge on any atom is 0.265 e. The van der Waals surface area contributed by atoms with Gasteiger partial charge in [0.25, 0.3) is 5.70 Å². The topological polar surface area (TPSA) is 49.9 Å². The van der Waals surface area contributed by atoms with Crippen LogP contribution in [0.15, 0.2) is 108 Å². The molecule has 3 aromatic carbocycles. The van der Waals surface area contributed by atoms with Gasteiger partial charge in [-0.3, -0.25) is 0 Å². The van der Waals surface area contributed by atoms with E-state index in [0.717, 1.165) is 28.3 Å². The molecule has 5 nitrogen and oxygen atoms in total. The molecule has 0 amide bonds. The molecule has 178 valence electrons. The van der Waals surface area contributed by atoms with E-state index in [2.05, 4.69) is 21.9 Å². The lowest BCUT2D eigenvalue weighted by Crippen LogP contribution is -2.29. The van der Waals surface area contributed by atoms with Gasteiger partial charge in [0.15, 0.2) is 0 Å². The van der Waals surface area contributed by atoms with E-state index in [0.29, 0.717) is 17.8 Å². The second-order valence-corrected chi connectivity index (χ2v) is 8.70. The van der Waals surface area contributed by atoms with Crippen LogP contribution in [0.25, 0.3) is 10.9 Å².